The zero-order valence-corrected chi connectivity index (χ0v) is 36.1. The van der Waals surface area contributed by atoms with E-state index < -0.39 is 92.5 Å². The minimum Gasteiger partial charge on any atom is -0.396 e. The van der Waals surface area contributed by atoms with Crippen LogP contribution in [0.4, 0.5) is 0 Å². The van der Waals surface area contributed by atoms with Gasteiger partial charge in [-0.2, -0.15) is 0 Å². The fraction of sp³-hybridized carbons (Fsp3) is 0.571. The molecule has 0 saturated heterocycles. The quantitative estimate of drug-likeness (QED) is 0.0344. The van der Waals surface area contributed by atoms with Crippen LogP contribution in [-0.4, -0.2) is 229 Å². The van der Waals surface area contributed by atoms with Crippen LogP contribution in [0.15, 0.2) is 55.0 Å². The number of likely N-dealkylation sites (N-methyl/N-ethyl adjacent to an activating group) is 3. The highest BCUT2D eigenvalue weighted by Gasteiger charge is 2.30. The van der Waals surface area contributed by atoms with E-state index in [2.05, 4.69) is 15.0 Å². The van der Waals surface area contributed by atoms with Crippen LogP contribution in [0.25, 0.3) is 0 Å². The minimum atomic E-state index is -1.59. The molecule has 3 amide bonds. The zero-order chi connectivity index (χ0) is 47.7. The molecular formula is C42H63N7O15. The normalized spacial score (nSPS) is 15.9. The number of rotatable bonds is 27. The summed E-state index contributed by atoms with van der Waals surface area (Å²) in [6.07, 6.45) is -9.88. The molecule has 0 saturated carbocycles. The summed E-state index contributed by atoms with van der Waals surface area (Å²) >= 11 is 0. The number of aliphatic hydroxyl groups excluding tert-OH is 12. The number of hydrogen-bond acceptors (Lipinski definition) is 19. The van der Waals surface area contributed by atoms with E-state index in [0.29, 0.717) is 17.1 Å². The third-order valence-corrected chi connectivity index (χ3v) is 10.4. The first-order valence-corrected chi connectivity index (χ1v) is 20.6. The Bertz CT molecular complexity index is 1650. The second kappa shape index (κ2) is 26.3. The van der Waals surface area contributed by atoms with Crippen LogP contribution in [0.1, 0.15) is 67.4 Å². The van der Waals surface area contributed by atoms with Gasteiger partial charge in [0.2, 0.25) is 0 Å². The predicted octanol–water partition coefficient (Wildman–Crippen LogP) is -4.31. The smallest absolute Gasteiger partial charge is 0.255 e. The average molecular weight is 906 g/mol. The van der Waals surface area contributed by atoms with Gasteiger partial charge in [-0.15, -0.1) is 0 Å². The first-order chi connectivity index (χ1) is 30.3. The molecule has 3 rings (SSSR count). The number of hydrogen-bond donors (Lipinski definition) is 12. The van der Waals surface area contributed by atoms with Gasteiger partial charge in [0.25, 0.3) is 17.7 Å². The van der Waals surface area contributed by atoms with Gasteiger partial charge in [-0.05, 0) is 55.7 Å². The topological polar surface area (TPSA) is 346 Å². The Kier molecular flexibility index (Phi) is 22.1. The summed E-state index contributed by atoms with van der Waals surface area (Å²) in [6, 6.07) is 9.42. The monoisotopic (exact) mass is 905 g/mol. The van der Waals surface area contributed by atoms with Crippen LogP contribution in [0.5, 0.6) is 0 Å². The average Bonchev–Trinajstić information content (AvgIpc) is 3.28. The van der Waals surface area contributed by atoms with Gasteiger partial charge in [0.05, 0.1) is 70.4 Å². The standard InChI is InChI=1S/C42H63N7O15/c1-46(22-34(56)37(59)31(53)10-13-50)40(62)25-4-7-28(43-16-25)19-49(20-29-8-5-26(17-44-29)41(63)47(2)23-35(57)38(60)32(54)11-14-51)21-30-9-6-27(18-45-30)42(64)48(3)24-36(58)39(61)33(55)12-15-52/h4-9,16-18,31-39,50-61H,10-15,19-24H2,1-3H3/t31-,32-,33-,34+,35+,36+,37+,38+,39+/m1/s1. The third-order valence-electron chi connectivity index (χ3n) is 10.4. The fourth-order valence-electron chi connectivity index (χ4n) is 6.54. The molecule has 12 N–H and O–H groups in total. The van der Waals surface area contributed by atoms with Gasteiger partial charge in [-0.25, -0.2) is 0 Å². The molecule has 22 heteroatoms. The number of aromatic nitrogens is 3. The summed E-state index contributed by atoms with van der Waals surface area (Å²) in [5.41, 5.74) is 2.04. The van der Waals surface area contributed by atoms with Crippen molar-refractivity contribution in [1.29, 1.82) is 0 Å². The third kappa shape index (κ3) is 16.1. The van der Waals surface area contributed by atoms with Crippen LogP contribution in [0, 0.1) is 0 Å². The van der Waals surface area contributed by atoms with E-state index >= 15 is 0 Å². The molecule has 64 heavy (non-hydrogen) atoms. The lowest BCUT2D eigenvalue weighted by Crippen LogP contribution is -2.45. The van der Waals surface area contributed by atoms with E-state index in [1.54, 1.807) is 18.2 Å². The van der Waals surface area contributed by atoms with E-state index in [1.807, 2.05) is 4.90 Å². The first kappa shape index (κ1) is 53.7. The summed E-state index contributed by atoms with van der Waals surface area (Å²) in [7, 11) is 4.21. The molecule has 22 nitrogen and oxygen atoms in total. The van der Waals surface area contributed by atoms with E-state index in [4.69, 9.17) is 15.3 Å². The van der Waals surface area contributed by atoms with Crippen molar-refractivity contribution in [3.8, 4) is 0 Å². The lowest BCUT2D eigenvalue weighted by atomic mass is 10.0. The molecule has 9 atom stereocenters. The molecule has 356 valence electrons. The van der Waals surface area contributed by atoms with Gasteiger partial charge in [-0.1, -0.05) is 0 Å². The van der Waals surface area contributed by atoms with Crippen LogP contribution >= 0.6 is 0 Å². The number of carbonyl (C=O) groups is 3. The van der Waals surface area contributed by atoms with Crippen LogP contribution in [0.3, 0.4) is 0 Å². The molecule has 0 aliphatic heterocycles. The molecule has 0 radical (unpaired) electrons. The Balaban J connectivity index is 1.79. The molecule has 0 fully saturated rings. The van der Waals surface area contributed by atoms with Crippen molar-refractivity contribution in [3.05, 3.63) is 88.8 Å². The van der Waals surface area contributed by atoms with E-state index in [9.17, 15) is 60.3 Å². The molecule has 0 aliphatic rings. The SMILES string of the molecule is CN(C[C@H](O)[C@@H](O)[C@H](O)CCO)C(=O)c1ccc(CN(Cc2ccc(C(=O)N(C)C[C@H](O)[C@@H](O)[C@H](O)CCO)cn2)Cc2ccc(C(=O)N(C)C[C@H](O)[C@@H](O)[C@H](O)CCO)cn2)nc1. The van der Waals surface area contributed by atoms with Gasteiger partial charge in [0.15, 0.2) is 0 Å². The summed E-state index contributed by atoms with van der Waals surface area (Å²) in [4.78, 5) is 58.2. The summed E-state index contributed by atoms with van der Waals surface area (Å²) in [6.45, 7) is -1.62. The molecule has 0 bridgehead atoms. The van der Waals surface area contributed by atoms with Crippen LogP contribution in [-0.2, 0) is 19.6 Å². The Morgan fingerprint density at radius 1 is 0.438 bits per heavy atom. The predicted molar refractivity (Wildman–Crippen MR) is 226 cm³/mol. The van der Waals surface area contributed by atoms with Crippen LogP contribution in [0.2, 0.25) is 0 Å². The number of pyridine rings is 3. The largest absolute Gasteiger partial charge is 0.396 e. The fourth-order valence-corrected chi connectivity index (χ4v) is 6.54. The lowest BCUT2D eigenvalue weighted by Gasteiger charge is -2.27. The summed E-state index contributed by atoms with van der Waals surface area (Å²) < 4.78 is 0. The van der Waals surface area contributed by atoms with Crippen molar-refractivity contribution in [2.45, 2.75) is 93.8 Å². The Hall–Kier alpha value is -4.66. The highest BCUT2D eigenvalue weighted by atomic mass is 16.4. The summed E-state index contributed by atoms with van der Waals surface area (Å²) in [5, 5.41) is 118. The molecule has 0 spiro atoms. The second-order valence-corrected chi connectivity index (χ2v) is 15.7. The minimum absolute atomic E-state index is 0.159. The van der Waals surface area contributed by atoms with E-state index in [1.165, 1.54) is 57.9 Å². The molecule has 3 aromatic rings. The number of aliphatic hydroxyl groups is 12. The van der Waals surface area contributed by atoms with Crippen molar-refractivity contribution in [2.24, 2.45) is 0 Å². The van der Waals surface area contributed by atoms with Crippen molar-refractivity contribution >= 4 is 17.7 Å². The highest BCUT2D eigenvalue weighted by Crippen LogP contribution is 2.17. The maximum atomic E-state index is 13.1. The maximum absolute atomic E-state index is 13.1. The van der Waals surface area contributed by atoms with Gasteiger partial charge >= 0.3 is 0 Å². The van der Waals surface area contributed by atoms with Crippen molar-refractivity contribution in [3.63, 3.8) is 0 Å². The molecular weight excluding hydrogens is 842 g/mol. The number of carbonyl (C=O) groups excluding carboxylic acids is 3. The molecule has 0 unspecified atom stereocenters. The Labute approximate surface area is 370 Å². The van der Waals surface area contributed by atoms with E-state index in [-0.39, 0.29) is 75.2 Å². The van der Waals surface area contributed by atoms with Crippen molar-refractivity contribution < 1.29 is 75.7 Å². The molecule has 0 aromatic carbocycles. The van der Waals surface area contributed by atoms with Gasteiger partial charge in [0.1, 0.15) is 18.3 Å². The number of nitrogens with zero attached hydrogens (tertiary/aromatic N) is 7. The van der Waals surface area contributed by atoms with Gasteiger partial charge < -0.3 is 76.0 Å². The Morgan fingerprint density at radius 2 is 0.688 bits per heavy atom. The lowest BCUT2D eigenvalue weighted by molar-refractivity contribution is -0.0709. The molecule has 3 aromatic heterocycles. The highest BCUT2D eigenvalue weighted by molar-refractivity contribution is 5.94. The number of amides is 3. The molecule has 0 aliphatic carbocycles. The van der Waals surface area contributed by atoms with Crippen molar-refractivity contribution in [1.82, 2.24) is 34.6 Å². The first-order valence-electron chi connectivity index (χ1n) is 20.6. The maximum Gasteiger partial charge on any atom is 0.255 e. The van der Waals surface area contributed by atoms with Gasteiger partial charge in [0, 0.05) is 98.8 Å². The van der Waals surface area contributed by atoms with E-state index in [0.717, 1.165) is 14.7 Å². The van der Waals surface area contributed by atoms with Crippen LogP contribution < -0.4 is 0 Å². The van der Waals surface area contributed by atoms with Gasteiger partial charge in [-0.3, -0.25) is 34.2 Å². The second-order valence-electron chi connectivity index (χ2n) is 15.7. The molecule has 3 heterocycles. The summed E-state index contributed by atoms with van der Waals surface area (Å²) in [5.74, 6) is -1.58. The Morgan fingerprint density at radius 3 is 0.891 bits per heavy atom. The zero-order valence-electron chi connectivity index (χ0n) is 36.1. The van der Waals surface area contributed by atoms with Crippen molar-refractivity contribution in [2.75, 3.05) is 60.6 Å².